The van der Waals surface area contributed by atoms with Gasteiger partial charge in [-0.05, 0) is 18.1 Å². The summed E-state index contributed by atoms with van der Waals surface area (Å²) in [4.78, 5) is 0. The van der Waals surface area contributed by atoms with E-state index in [1.807, 2.05) is 19.4 Å². The number of hydrogen-bond donors (Lipinski definition) is 0. The van der Waals surface area contributed by atoms with Crippen molar-refractivity contribution < 1.29 is 4.43 Å². The summed E-state index contributed by atoms with van der Waals surface area (Å²) in [5.74, 6) is 0. The van der Waals surface area contributed by atoms with E-state index in [1.54, 1.807) is 4.68 Å². The van der Waals surface area contributed by atoms with Crippen molar-refractivity contribution in [1.29, 1.82) is 0 Å². The standard InChI is InChI=1S/C13H24N2OSi/c1-13(2,3)17(5,6)16-9-7-8-12-10-14-15(4)11-12/h7-8,10-11H,9H2,1-6H3/b8-7+. The van der Waals surface area contributed by atoms with Gasteiger partial charge in [0.25, 0.3) is 0 Å². The summed E-state index contributed by atoms with van der Waals surface area (Å²) in [5, 5.41) is 4.39. The molecule has 1 heterocycles. The van der Waals surface area contributed by atoms with Crippen LogP contribution < -0.4 is 0 Å². The first-order valence-electron chi connectivity index (χ1n) is 6.01. The minimum Gasteiger partial charge on any atom is -0.413 e. The molecule has 0 saturated carbocycles. The van der Waals surface area contributed by atoms with E-state index in [-0.39, 0.29) is 5.04 Å². The largest absolute Gasteiger partial charge is 0.413 e. The van der Waals surface area contributed by atoms with Gasteiger partial charge in [0.2, 0.25) is 0 Å². The van der Waals surface area contributed by atoms with Gasteiger partial charge in [-0.2, -0.15) is 5.10 Å². The molecular weight excluding hydrogens is 228 g/mol. The fourth-order valence-electron chi connectivity index (χ4n) is 1.18. The van der Waals surface area contributed by atoms with Crippen molar-refractivity contribution in [3.63, 3.8) is 0 Å². The lowest BCUT2D eigenvalue weighted by atomic mass is 10.2. The van der Waals surface area contributed by atoms with E-state index in [0.29, 0.717) is 6.61 Å². The zero-order valence-electron chi connectivity index (χ0n) is 11.8. The van der Waals surface area contributed by atoms with Crippen LogP contribution in [-0.4, -0.2) is 24.7 Å². The highest BCUT2D eigenvalue weighted by molar-refractivity contribution is 6.74. The Labute approximate surface area is 106 Å². The Hall–Kier alpha value is -0.873. The van der Waals surface area contributed by atoms with Crippen molar-refractivity contribution >= 4 is 14.4 Å². The van der Waals surface area contributed by atoms with Gasteiger partial charge in [-0.15, -0.1) is 0 Å². The smallest absolute Gasteiger partial charge is 0.192 e. The fourth-order valence-corrected chi connectivity index (χ4v) is 2.13. The molecule has 4 heteroatoms. The molecule has 0 N–H and O–H groups in total. The zero-order chi connectivity index (χ0) is 13.1. The van der Waals surface area contributed by atoms with Crippen LogP contribution in [0, 0.1) is 0 Å². The summed E-state index contributed by atoms with van der Waals surface area (Å²) in [6.45, 7) is 12.0. The Bertz CT molecular complexity index is 388. The van der Waals surface area contributed by atoms with Crippen LogP contribution in [0.1, 0.15) is 26.3 Å². The van der Waals surface area contributed by atoms with Crippen LogP contribution in [0.25, 0.3) is 6.08 Å². The highest BCUT2D eigenvalue weighted by atomic mass is 28.4. The second kappa shape index (κ2) is 5.19. The van der Waals surface area contributed by atoms with E-state index < -0.39 is 8.32 Å². The summed E-state index contributed by atoms with van der Waals surface area (Å²) in [6, 6.07) is 0. The molecule has 0 aliphatic carbocycles. The third-order valence-corrected chi connectivity index (χ3v) is 7.88. The van der Waals surface area contributed by atoms with Gasteiger partial charge in [0.15, 0.2) is 8.32 Å². The number of nitrogens with zero attached hydrogens (tertiary/aromatic N) is 2. The molecule has 1 aromatic rings. The summed E-state index contributed by atoms with van der Waals surface area (Å²) >= 11 is 0. The minimum absolute atomic E-state index is 0.273. The maximum Gasteiger partial charge on any atom is 0.192 e. The van der Waals surface area contributed by atoms with Crippen molar-refractivity contribution in [3.8, 4) is 0 Å². The lowest BCUT2D eigenvalue weighted by Gasteiger charge is -2.35. The van der Waals surface area contributed by atoms with Crippen LogP contribution in [0.5, 0.6) is 0 Å². The van der Waals surface area contributed by atoms with Gasteiger partial charge >= 0.3 is 0 Å². The Morgan fingerprint density at radius 2 is 2.06 bits per heavy atom. The maximum absolute atomic E-state index is 6.05. The van der Waals surface area contributed by atoms with Gasteiger partial charge in [-0.3, -0.25) is 4.68 Å². The van der Waals surface area contributed by atoms with Gasteiger partial charge in [0.05, 0.1) is 12.8 Å². The lowest BCUT2D eigenvalue weighted by Crippen LogP contribution is -2.40. The minimum atomic E-state index is -1.61. The summed E-state index contributed by atoms with van der Waals surface area (Å²) in [7, 11) is 0.310. The number of aromatic nitrogens is 2. The molecule has 0 radical (unpaired) electrons. The van der Waals surface area contributed by atoms with E-state index in [0.717, 1.165) is 5.56 Å². The highest BCUT2D eigenvalue weighted by Crippen LogP contribution is 2.36. The summed E-state index contributed by atoms with van der Waals surface area (Å²) in [6.07, 6.45) is 7.96. The predicted octanol–water partition coefficient (Wildman–Crippen LogP) is 3.46. The average Bonchev–Trinajstić information content (AvgIpc) is 2.57. The third kappa shape index (κ3) is 4.13. The van der Waals surface area contributed by atoms with Crippen LogP contribution >= 0.6 is 0 Å². The van der Waals surface area contributed by atoms with Gasteiger partial charge in [-0.1, -0.05) is 32.9 Å². The van der Waals surface area contributed by atoms with Gasteiger partial charge in [0.1, 0.15) is 0 Å². The number of hydrogen-bond acceptors (Lipinski definition) is 2. The van der Waals surface area contributed by atoms with Crippen molar-refractivity contribution in [2.45, 2.75) is 38.9 Å². The highest BCUT2D eigenvalue weighted by Gasteiger charge is 2.36. The van der Waals surface area contributed by atoms with Crippen molar-refractivity contribution in [3.05, 3.63) is 24.0 Å². The van der Waals surface area contributed by atoms with E-state index >= 15 is 0 Å². The number of aryl methyl sites for hydroxylation is 1. The molecule has 0 aliphatic rings. The molecule has 17 heavy (non-hydrogen) atoms. The van der Waals surface area contributed by atoms with E-state index in [4.69, 9.17) is 4.43 Å². The molecule has 0 amide bonds. The molecule has 0 atom stereocenters. The maximum atomic E-state index is 6.05. The van der Waals surface area contributed by atoms with Crippen molar-refractivity contribution in [2.75, 3.05) is 6.61 Å². The summed E-state index contributed by atoms with van der Waals surface area (Å²) < 4.78 is 7.85. The molecule has 0 saturated heterocycles. The Morgan fingerprint density at radius 3 is 2.53 bits per heavy atom. The molecule has 96 valence electrons. The fraction of sp³-hybridized carbons (Fsp3) is 0.615. The Balaban J connectivity index is 2.45. The SMILES string of the molecule is Cn1cc(/C=C/CO[Si](C)(C)C(C)(C)C)cn1. The Kier molecular flexibility index (Phi) is 4.33. The molecular formula is C13H24N2OSi. The topological polar surface area (TPSA) is 27.1 Å². The van der Waals surface area contributed by atoms with Crippen LogP contribution in [0.4, 0.5) is 0 Å². The van der Waals surface area contributed by atoms with E-state index in [2.05, 4.69) is 51.1 Å². The quantitative estimate of drug-likeness (QED) is 0.767. The summed E-state index contributed by atoms with van der Waals surface area (Å²) in [5.41, 5.74) is 1.12. The lowest BCUT2D eigenvalue weighted by molar-refractivity contribution is 0.328. The monoisotopic (exact) mass is 252 g/mol. The second-order valence-corrected chi connectivity index (χ2v) is 10.7. The molecule has 0 aliphatic heterocycles. The first-order chi connectivity index (χ1) is 7.72. The molecule has 0 aromatic carbocycles. The van der Waals surface area contributed by atoms with Crippen LogP contribution in [-0.2, 0) is 11.5 Å². The number of rotatable bonds is 4. The molecule has 0 fully saturated rings. The molecule has 0 spiro atoms. The van der Waals surface area contributed by atoms with Crippen LogP contribution in [0.3, 0.4) is 0 Å². The molecule has 3 nitrogen and oxygen atoms in total. The van der Waals surface area contributed by atoms with E-state index in [1.165, 1.54) is 0 Å². The third-order valence-electron chi connectivity index (χ3n) is 3.38. The van der Waals surface area contributed by atoms with Gasteiger partial charge < -0.3 is 4.43 Å². The molecule has 0 unspecified atom stereocenters. The zero-order valence-corrected chi connectivity index (χ0v) is 12.8. The first kappa shape index (κ1) is 14.2. The van der Waals surface area contributed by atoms with E-state index in [9.17, 15) is 0 Å². The normalized spacial score (nSPS) is 13.5. The predicted molar refractivity (Wildman–Crippen MR) is 75.4 cm³/mol. The van der Waals surface area contributed by atoms with Crippen molar-refractivity contribution in [1.82, 2.24) is 9.78 Å². The van der Waals surface area contributed by atoms with Gasteiger partial charge in [0, 0.05) is 18.8 Å². The van der Waals surface area contributed by atoms with Gasteiger partial charge in [-0.25, -0.2) is 0 Å². The van der Waals surface area contributed by atoms with Crippen LogP contribution in [0.15, 0.2) is 18.5 Å². The first-order valence-corrected chi connectivity index (χ1v) is 8.92. The van der Waals surface area contributed by atoms with Crippen molar-refractivity contribution in [2.24, 2.45) is 7.05 Å². The second-order valence-electron chi connectivity index (χ2n) is 5.92. The molecule has 1 aromatic heterocycles. The van der Waals surface area contributed by atoms with Crippen LogP contribution in [0.2, 0.25) is 18.1 Å². The Morgan fingerprint density at radius 1 is 1.41 bits per heavy atom. The average molecular weight is 252 g/mol. The molecule has 1 rings (SSSR count). The molecule has 0 bridgehead atoms.